The van der Waals surface area contributed by atoms with Crippen molar-refractivity contribution in [2.45, 2.75) is 32.8 Å². The van der Waals surface area contributed by atoms with Crippen LogP contribution in [-0.2, 0) is 0 Å². The van der Waals surface area contributed by atoms with Crippen LogP contribution in [0, 0.1) is 6.92 Å². The van der Waals surface area contributed by atoms with Gasteiger partial charge < -0.3 is 9.84 Å². The molecule has 0 fully saturated rings. The number of aryl methyl sites for hydroxylation is 1. The highest BCUT2D eigenvalue weighted by atomic mass is 35.5. The smallest absolute Gasteiger partial charge is 0.119 e. The molecule has 0 aliphatic rings. The summed E-state index contributed by atoms with van der Waals surface area (Å²) in [5.74, 6) is 0.793. The Labute approximate surface area is 95.8 Å². The van der Waals surface area contributed by atoms with Gasteiger partial charge in [-0.05, 0) is 44.5 Å². The van der Waals surface area contributed by atoms with Crippen LogP contribution in [0.15, 0.2) is 18.2 Å². The van der Waals surface area contributed by atoms with Gasteiger partial charge in [0.05, 0.1) is 12.2 Å². The van der Waals surface area contributed by atoms with Crippen LogP contribution >= 0.6 is 11.6 Å². The molecule has 0 spiro atoms. The zero-order valence-corrected chi connectivity index (χ0v) is 10.1. The minimum atomic E-state index is -0.679. The molecule has 1 rings (SSSR count). The fraction of sp³-hybridized carbons (Fsp3) is 0.500. The van der Waals surface area contributed by atoms with Crippen molar-refractivity contribution in [1.29, 1.82) is 0 Å². The van der Waals surface area contributed by atoms with E-state index in [-0.39, 0.29) is 0 Å². The molecule has 84 valence electrons. The molecule has 3 heteroatoms. The minimum absolute atomic E-state index is 0.505. The summed E-state index contributed by atoms with van der Waals surface area (Å²) >= 11 is 5.89. The van der Waals surface area contributed by atoms with Crippen LogP contribution in [-0.4, -0.2) is 17.3 Å². The Hall–Kier alpha value is -0.730. The summed E-state index contributed by atoms with van der Waals surface area (Å²) in [6.07, 6.45) is 0.606. The Morgan fingerprint density at radius 3 is 2.60 bits per heavy atom. The first-order valence-electron chi connectivity index (χ1n) is 5.00. The fourth-order valence-corrected chi connectivity index (χ4v) is 1.24. The summed E-state index contributed by atoms with van der Waals surface area (Å²) in [5, 5.41) is 10.2. The van der Waals surface area contributed by atoms with E-state index in [0.717, 1.165) is 16.3 Å². The van der Waals surface area contributed by atoms with Gasteiger partial charge in [-0.25, -0.2) is 0 Å². The molecule has 0 aromatic heterocycles. The average molecular weight is 229 g/mol. The second kappa shape index (κ2) is 4.86. The molecule has 0 aliphatic heterocycles. The van der Waals surface area contributed by atoms with Gasteiger partial charge in [0.15, 0.2) is 0 Å². The van der Waals surface area contributed by atoms with Crippen molar-refractivity contribution in [2.24, 2.45) is 0 Å². The molecule has 0 aliphatic carbocycles. The standard InChI is InChI=1S/C12H17ClO2/c1-9-8-10(4-5-11(9)13)15-7-6-12(2,3)14/h4-5,8,14H,6-7H2,1-3H3. The number of hydrogen-bond acceptors (Lipinski definition) is 2. The van der Waals surface area contributed by atoms with Gasteiger partial charge in [-0.15, -0.1) is 0 Å². The first-order valence-corrected chi connectivity index (χ1v) is 5.37. The zero-order valence-electron chi connectivity index (χ0n) is 9.38. The summed E-state index contributed by atoms with van der Waals surface area (Å²) in [7, 11) is 0. The maximum Gasteiger partial charge on any atom is 0.119 e. The number of benzene rings is 1. The molecule has 0 bridgehead atoms. The molecular formula is C12H17ClO2. The third-order valence-corrected chi connectivity index (χ3v) is 2.54. The fourth-order valence-electron chi connectivity index (χ4n) is 1.13. The summed E-state index contributed by atoms with van der Waals surface area (Å²) < 4.78 is 5.50. The molecular weight excluding hydrogens is 212 g/mol. The van der Waals surface area contributed by atoms with E-state index < -0.39 is 5.60 Å². The van der Waals surface area contributed by atoms with Crippen LogP contribution in [0.3, 0.4) is 0 Å². The molecule has 0 heterocycles. The van der Waals surface area contributed by atoms with Gasteiger partial charge in [-0.1, -0.05) is 11.6 Å². The summed E-state index contributed by atoms with van der Waals surface area (Å²) in [5.41, 5.74) is 0.319. The first kappa shape index (κ1) is 12.3. The molecule has 0 atom stereocenters. The second-order valence-corrected chi connectivity index (χ2v) is 4.73. The van der Waals surface area contributed by atoms with Gasteiger partial charge >= 0.3 is 0 Å². The molecule has 0 unspecified atom stereocenters. The molecule has 0 saturated heterocycles. The largest absolute Gasteiger partial charge is 0.493 e. The van der Waals surface area contributed by atoms with Crippen LogP contribution in [0.25, 0.3) is 0 Å². The van der Waals surface area contributed by atoms with E-state index in [2.05, 4.69) is 0 Å². The Morgan fingerprint density at radius 1 is 1.40 bits per heavy atom. The minimum Gasteiger partial charge on any atom is -0.493 e. The van der Waals surface area contributed by atoms with E-state index in [9.17, 15) is 5.11 Å². The Kier molecular flexibility index (Phi) is 4.00. The predicted molar refractivity (Wildman–Crippen MR) is 62.6 cm³/mol. The van der Waals surface area contributed by atoms with Crippen LogP contribution in [0.1, 0.15) is 25.8 Å². The maximum absolute atomic E-state index is 9.49. The van der Waals surface area contributed by atoms with E-state index in [1.54, 1.807) is 13.8 Å². The maximum atomic E-state index is 9.49. The zero-order chi connectivity index (χ0) is 11.5. The molecule has 1 aromatic carbocycles. The Balaban J connectivity index is 2.48. The molecule has 2 nitrogen and oxygen atoms in total. The van der Waals surface area contributed by atoms with Gasteiger partial charge in [0.1, 0.15) is 5.75 Å². The lowest BCUT2D eigenvalue weighted by Crippen LogP contribution is -2.21. The van der Waals surface area contributed by atoms with E-state index in [4.69, 9.17) is 16.3 Å². The normalized spacial score (nSPS) is 11.5. The lowest BCUT2D eigenvalue weighted by molar-refractivity contribution is 0.0553. The molecule has 0 radical (unpaired) electrons. The van der Waals surface area contributed by atoms with E-state index in [1.165, 1.54) is 0 Å². The lowest BCUT2D eigenvalue weighted by atomic mass is 10.1. The van der Waals surface area contributed by atoms with Crippen molar-refractivity contribution in [1.82, 2.24) is 0 Å². The van der Waals surface area contributed by atoms with Crippen molar-refractivity contribution < 1.29 is 9.84 Å². The third kappa shape index (κ3) is 4.54. The van der Waals surface area contributed by atoms with Crippen LogP contribution in [0.5, 0.6) is 5.75 Å². The van der Waals surface area contributed by atoms with Crippen LogP contribution < -0.4 is 4.74 Å². The molecule has 0 saturated carbocycles. The second-order valence-electron chi connectivity index (χ2n) is 4.32. The number of aliphatic hydroxyl groups is 1. The van der Waals surface area contributed by atoms with Gasteiger partial charge in [0.25, 0.3) is 0 Å². The van der Waals surface area contributed by atoms with E-state index in [0.29, 0.717) is 13.0 Å². The first-order chi connectivity index (χ1) is 6.88. The third-order valence-electron chi connectivity index (χ3n) is 2.11. The van der Waals surface area contributed by atoms with Gasteiger partial charge in [-0.2, -0.15) is 0 Å². The number of hydrogen-bond donors (Lipinski definition) is 1. The van der Waals surface area contributed by atoms with Crippen LogP contribution in [0.2, 0.25) is 5.02 Å². The predicted octanol–water partition coefficient (Wildman–Crippen LogP) is 3.19. The average Bonchev–Trinajstić information content (AvgIpc) is 2.09. The van der Waals surface area contributed by atoms with Crippen molar-refractivity contribution in [2.75, 3.05) is 6.61 Å². The molecule has 0 amide bonds. The molecule has 15 heavy (non-hydrogen) atoms. The van der Waals surface area contributed by atoms with Crippen molar-refractivity contribution in [3.8, 4) is 5.75 Å². The monoisotopic (exact) mass is 228 g/mol. The van der Waals surface area contributed by atoms with Gasteiger partial charge in [0, 0.05) is 11.4 Å². The summed E-state index contributed by atoms with van der Waals surface area (Å²) in [6.45, 7) is 5.97. The van der Waals surface area contributed by atoms with Gasteiger partial charge in [0.2, 0.25) is 0 Å². The van der Waals surface area contributed by atoms with E-state index in [1.807, 2.05) is 25.1 Å². The molecule has 1 aromatic rings. The highest BCUT2D eigenvalue weighted by Crippen LogP contribution is 2.21. The van der Waals surface area contributed by atoms with E-state index >= 15 is 0 Å². The van der Waals surface area contributed by atoms with Crippen molar-refractivity contribution in [3.05, 3.63) is 28.8 Å². The Bertz CT molecular complexity index is 329. The lowest BCUT2D eigenvalue weighted by Gasteiger charge is -2.17. The Morgan fingerprint density at radius 2 is 2.07 bits per heavy atom. The highest BCUT2D eigenvalue weighted by Gasteiger charge is 2.12. The molecule has 1 N–H and O–H groups in total. The summed E-state index contributed by atoms with van der Waals surface area (Å²) in [6, 6.07) is 5.54. The number of ether oxygens (including phenoxy) is 1. The summed E-state index contributed by atoms with van der Waals surface area (Å²) in [4.78, 5) is 0. The highest BCUT2D eigenvalue weighted by molar-refractivity contribution is 6.31. The SMILES string of the molecule is Cc1cc(OCCC(C)(C)O)ccc1Cl. The topological polar surface area (TPSA) is 29.5 Å². The quantitative estimate of drug-likeness (QED) is 0.858. The van der Waals surface area contributed by atoms with Crippen LogP contribution in [0.4, 0.5) is 0 Å². The van der Waals surface area contributed by atoms with Gasteiger partial charge in [-0.3, -0.25) is 0 Å². The van der Waals surface area contributed by atoms with Crippen molar-refractivity contribution in [3.63, 3.8) is 0 Å². The van der Waals surface area contributed by atoms with Crippen molar-refractivity contribution >= 4 is 11.6 Å². The number of halogens is 1. The number of rotatable bonds is 4.